The zero-order chi connectivity index (χ0) is 27.0. The third kappa shape index (κ3) is 4.78. The molecule has 196 valence electrons. The van der Waals surface area contributed by atoms with Crippen LogP contribution in [0.1, 0.15) is 22.8 Å². The van der Waals surface area contributed by atoms with Crippen LogP contribution in [0.25, 0.3) is 11.4 Å². The highest BCUT2D eigenvalue weighted by molar-refractivity contribution is 6.05. The van der Waals surface area contributed by atoms with Gasteiger partial charge >= 0.3 is 11.7 Å². The van der Waals surface area contributed by atoms with E-state index in [9.17, 15) is 24.0 Å². The van der Waals surface area contributed by atoms with Crippen LogP contribution in [0.15, 0.2) is 51.8 Å². The van der Waals surface area contributed by atoms with Crippen molar-refractivity contribution in [3.63, 3.8) is 0 Å². The van der Waals surface area contributed by atoms with Gasteiger partial charge in [0, 0.05) is 49.6 Å². The average molecular weight is 521 g/mol. The molecule has 1 saturated heterocycles. The van der Waals surface area contributed by atoms with E-state index in [0.717, 1.165) is 12.5 Å². The number of morpholine rings is 1. The fraction of sp³-hybridized carbons (Fsp3) is 0.280. The van der Waals surface area contributed by atoms with E-state index >= 15 is 0 Å². The predicted octanol–water partition coefficient (Wildman–Crippen LogP) is 0.918. The van der Waals surface area contributed by atoms with Crippen LogP contribution >= 0.6 is 0 Å². The van der Waals surface area contributed by atoms with Crippen molar-refractivity contribution in [1.29, 1.82) is 0 Å². The number of carbonyl (C=O) groups is 4. The van der Waals surface area contributed by atoms with Gasteiger partial charge < -0.3 is 24.6 Å². The molecule has 1 fully saturated rings. The molecule has 2 aliphatic rings. The first-order valence-electron chi connectivity index (χ1n) is 11.7. The Kier molecular flexibility index (Phi) is 6.51. The number of aromatic nitrogens is 2. The summed E-state index contributed by atoms with van der Waals surface area (Å²) < 4.78 is 15.4. The lowest BCUT2D eigenvalue weighted by Crippen LogP contribution is -2.56. The van der Waals surface area contributed by atoms with E-state index in [-0.39, 0.29) is 24.9 Å². The number of nitrogens with zero attached hydrogens (tertiary/aromatic N) is 3. The van der Waals surface area contributed by atoms with Crippen LogP contribution in [0.4, 0.5) is 11.4 Å². The highest BCUT2D eigenvalue weighted by Gasteiger charge is 2.43. The molecule has 3 heterocycles. The van der Waals surface area contributed by atoms with Gasteiger partial charge in [-0.15, -0.1) is 0 Å². The number of H-pyrrole nitrogens is 1. The lowest BCUT2D eigenvalue weighted by Gasteiger charge is -2.35. The van der Waals surface area contributed by atoms with Crippen molar-refractivity contribution in [2.75, 3.05) is 30.4 Å². The molecule has 0 saturated carbocycles. The molecule has 2 atom stereocenters. The summed E-state index contributed by atoms with van der Waals surface area (Å²) in [4.78, 5) is 67.3. The first kappa shape index (κ1) is 24.9. The number of hydrogen-bond acceptors (Lipinski definition) is 9. The Morgan fingerprint density at radius 3 is 2.61 bits per heavy atom. The Morgan fingerprint density at radius 1 is 1.16 bits per heavy atom. The molecule has 0 unspecified atom stereocenters. The monoisotopic (exact) mass is 521 g/mol. The number of esters is 1. The Balaban J connectivity index is 1.34. The van der Waals surface area contributed by atoms with Gasteiger partial charge in [0.2, 0.25) is 6.10 Å². The second-order valence-corrected chi connectivity index (χ2v) is 8.82. The van der Waals surface area contributed by atoms with Crippen molar-refractivity contribution < 1.29 is 33.2 Å². The number of carbonyl (C=O) groups excluding carboxylic acids is 4. The van der Waals surface area contributed by atoms with Gasteiger partial charge in [0.15, 0.2) is 11.9 Å². The smallest absolute Gasteiger partial charge is 0.439 e. The van der Waals surface area contributed by atoms with E-state index in [1.165, 1.54) is 4.90 Å². The Bertz CT molecular complexity index is 1480. The number of ether oxygens (including phenoxy) is 2. The summed E-state index contributed by atoms with van der Waals surface area (Å²) in [6, 6.07) is 11.4. The fourth-order valence-electron chi connectivity index (χ4n) is 4.41. The summed E-state index contributed by atoms with van der Waals surface area (Å²) in [5, 5.41) is 6.22. The van der Waals surface area contributed by atoms with Gasteiger partial charge in [-0.3, -0.25) is 28.7 Å². The van der Waals surface area contributed by atoms with Gasteiger partial charge in [0.25, 0.3) is 17.7 Å². The van der Waals surface area contributed by atoms with Gasteiger partial charge in [0.1, 0.15) is 0 Å². The SMILES string of the molecule is CC(=O)O[C@@H](C(=O)Nc1ccc(-c2noc(=O)[nH]2)cc1)[C@H]1OCCN(c2ccc3c(c2)CN(C)C3=O)C1=O. The van der Waals surface area contributed by atoms with Crippen molar-refractivity contribution in [1.82, 2.24) is 15.0 Å². The zero-order valence-corrected chi connectivity index (χ0v) is 20.4. The molecule has 3 aromatic rings. The van der Waals surface area contributed by atoms with Crippen molar-refractivity contribution in [2.45, 2.75) is 25.7 Å². The minimum absolute atomic E-state index is 0.0910. The third-order valence-corrected chi connectivity index (χ3v) is 6.20. The fourth-order valence-corrected chi connectivity index (χ4v) is 4.41. The number of benzene rings is 2. The van der Waals surface area contributed by atoms with E-state index < -0.39 is 35.7 Å². The molecule has 3 amide bonds. The van der Waals surface area contributed by atoms with Crippen LogP contribution in [0.2, 0.25) is 0 Å². The quantitative estimate of drug-likeness (QED) is 0.449. The molecule has 1 aromatic heterocycles. The topological polar surface area (TPSA) is 164 Å². The standard InChI is InChI=1S/C25H23N5O8/c1-13(31)37-19(22(32)26-16-5-3-14(4-6-16)21-27-25(35)38-28-21)20-24(34)30(9-10-36-20)17-7-8-18-15(11-17)12-29(2)23(18)33/h3-8,11,19-20H,9-10,12H2,1-2H3,(H,26,32)(H,27,28,35)/t19-,20-/m1/s1. The molecule has 2 aliphatic heterocycles. The molecular formula is C25H23N5O8. The molecule has 2 aromatic carbocycles. The molecule has 2 N–H and O–H groups in total. The normalized spacial score (nSPS) is 17.8. The summed E-state index contributed by atoms with van der Waals surface area (Å²) in [6.45, 7) is 1.88. The van der Waals surface area contributed by atoms with E-state index in [1.807, 2.05) is 0 Å². The number of rotatable bonds is 6. The number of fused-ring (bicyclic) bond motifs is 1. The minimum Gasteiger partial charge on any atom is -0.449 e. The van der Waals surface area contributed by atoms with Crippen molar-refractivity contribution in [3.05, 3.63) is 64.1 Å². The van der Waals surface area contributed by atoms with Crippen LogP contribution in [0, 0.1) is 0 Å². The lowest BCUT2D eigenvalue weighted by molar-refractivity contribution is -0.167. The largest absolute Gasteiger partial charge is 0.449 e. The summed E-state index contributed by atoms with van der Waals surface area (Å²) in [5.74, 6) is -2.65. The molecule has 5 rings (SSSR count). The molecule has 13 nitrogen and oxygen atoms in total. The minimum atomic E-state index is -1.56. The van der Waals surface area contributed by atoms with E-state index in [4.69, 9.17) is 9.47 Å². The zero-order valence-electron chi connectivity index (χ0n) is 20.4. The molecule has 0 bridgehead atoms. The second-order valence-electron chi connectivity index (χ2n) is 8.82. The van der Waals surface area contributed by atoms with E-state index in [1.54, 1.807) is 54.4 Å². The van der Waals surface area contributed by atoms with Crippen molar-refractivity contribution in [2.24, 2.45) is 0 Å². The highest BCUT2D eigenvalue weighted by atomic mass is 16.6. The molecule has 0 aliphatic carbocycles. The second kappa shape index (κ2) is 9.94. The van der Waals surface area contributed by atoms with Crippen molar-refractivity contribution >= 4 is 35.1 Å². The maximum Gasteiger partial charge on any atom is 0.439 e. The van der Waals surface area contributed by atoms with Gasteiger partial charge in [-0.1, -0.05) is 5.16 Å². The van der Waals surface area contributed by atoms with Crippen LogP contribution in [0.3, 0.4) is 0 Å². The molecular weight excluding hydrogens is 498 g/mol. The Morgan fingerprint density at radius 2 is 1.92 bits per heavy atom. The third-order valence-electron chi connectivity index (χ3n) is 6.20. The number of anilines is 2. The highest BCUT2D eigenvalue weighted by Crippen LogP contribution is 2.29. The Labute approximate surface area is 215 Å². The first-order valence-corrected chi connectivity index (χ1v) is 11.7. The predicted molar refractivity (Wildman–Crippen MR) is 131 cm³/mol. The van der Waals surface area contributed by atoms with Crippen LogP contribution in [-0.2, 0) is 30.4 Å². The number of aromatic amines is 1. The Hall–Kier alpha value is -4.78. The van der Waals surface area contributed by atoms with Gasteiger partial charge in [-0.2, -0.15) is 0 Å². The average Bonchev–Trinajstić information content (AvgIpc) is 3.45. The van der Waals surface area contributed by atoms with Crippen LogP contribution in [0.5, 0.6) is 0 Å². The maximum absolute atomic E-state index is 13.4. The molecule has 38 heavy (non-hydrogen) atoms. The summed E-state index contributed by atoms with van der Waals surface area (Å²) in [5.41, 5.74) is 2.79. The van der Waals surface area contributed by atoms with Crippen LogP contribution in [-0.4, -0.2) is 71.1 Å². The van der Waals surface area contributed by atoms with Crippen LogP contribution < -0.4 is 16.0 Å². The summed E-state index contributed by atoms with van der Waals surface area (Å²) in [6.07, 6.45) is -2.94. The van der Waals surface area contributed by atoms with Gasteiger partial charge in [-0.25, -0.2) is 4.79 Å². The summed E-state index contributed by atoms with van der Waals surface area (Å²) in [7, 11) is 1.70. The van der Waals surface area contributed by atoms with Gasteiger partial charge in [-0.05, 0) is 48.0 Å². The van der Waals surface area contributed by atoms with Gasteiger partial charge in [0.05, 0.1) is 6.61 Å². The van der Waals surface area contributed by atoms with E-state index in [0.29, 0.717) is 29.0 Å². The molecule has 13 heteroatoms. The maximum atomic E-state index is 13.4. The summed E-state index contributed by atoms with van der Waals surface area (Å²) >= 11 is 0. The number of nitrogens with one attached hydrogen (secondary N) is 2. The molecule has 0 spiro atoms. The number of amides is 3. The molecule has 0 radical (unpaired) electrons. The lowest BCUT2D eigenvalue weighted by atomic mass is 10.1. The van der Waals surface area contributed by atoms with E-state index in [2.05, 4.69) is 20.0 Å². The first-order chi connectivity index (χ1) is 18.2. The number of hydrogen-bond donors (Lipinski definition) is 2. The van der Waals surface area contributed by atoms with Crippen molar-refractivity contribution in [3.8, 4) is 11.4 Å².